The summed E-state index contributed by atoms with van der Waals surface area (Å²) in [5.41, 5.74) is 0. The Hall–Kier alpha value is -0.240. The third-order valence-corrected chi connectivity index (χ3v) is 2.52. The summed E-state index contributed by atoms with van der Waals surface area (Å²) in [7, 11) is 0. The third-order valence-electron chi connectivity index (χ3n) is 2.52. The molecular formula is C10H24N4O2. The van der Waals surface area contributed by atoms with Gasteiger partial charge >= 0.3 is 0 Å². The zero-order valence-corrected chi connectivity index (χ0v) is 9.71. The highest BCUT2D eigenvalue weighted by Gasteiger charge is 2.10. The van der Waals surface area contributed by atoms with E-state index in [0.717, 1.165) is 32.6 Å². The standard InChI is InChI=1S/C10H24N4O2/c15-9-8-10(16)14-7-5-12-3-1-2-11-4-6-13-9/h9-16H,1-8H2. The zero-order valence-electron chi connectivity index (χ0n) is 9.71. The summed E-state index contributed by atoms with van der Waals surface area (Å²) in [6, 6.07) is 0. The van der Waals surface area contributed by atoms with Crippen molar-refractivity contribution in [3.63, 3.8) is 0 Å². The summed E-state index contributed by atoms with van der Waals surface area (Å²) >= 11 is 0. The van der Waals surface area contributed by atoms with Gasteiger partial charge in [0.2, 0.25) is 0 Å². The van der Waals surface area contributed by atoms with E-state index in [0.29, 0.717) is 19.5 Å². The summed E-state index contributed by atoms with van der Waals surface area (Å²) in [5.74, 6) is 0. The lowest BCUT2D eigenvalue weighted by Gasteiger charge is -2.19. The van der Waals surface area contributed by atoms with Crippen LogP contribution in [-0.2, 0) is 0 Å². The van der Waals surface area contributed by atoms with E-state index in [2.05, 4.69) is 21.3 Å². The number of hydrogen-bond acceptors (Lipinski definition) is 6. The maximum Gasteiger partial charge on any atom is 0.108 e. The van der Waals surface area contributed by atoms with E-state index in [9.17, 15) is 10.2 Å². The van der Waals surface area contributed by atoms with E-state index >= 15 is 0 Å². The molecule has 0 aromatic rings. The number of nitrogens with one attached hydrogen (secondary N) is 4. The van der Waals surface area contributed by atoms with Crippen LogP contribution in [0.4, 0.5) is 0 Å². The van der Waals surface area contributed by atoms with Gasteiger partial charge in [0.1, 0.15) is 12.5 Å². The van der Waals surface area contributed by atoms with Crippen molar-refractivity contribution in [2.75, 3.05) is 39.3 Å². The second kappa shape index (κ2) is 8.86. The molecule has 0 aliphatic carbocycles. The molecule has 1 saturated heterocycles. The molecule has 0 bridgehead atoms. The van der Waals surface area contributed by atoms with Crippen molar-refractivity contribution >= 4 is 0 Å². The quantitative estimate of drug-likeness (QED) is 0.283. The molecule has 1 aliphatic heterocycles. The van der Waals surface area contributed by atoms with Crippen LogP contribution in [0.3, 0.4) is 0 Å². The van der Waals surface area contributed by atoms with Crippen molar-refractivity contribution in [1.29, 1.82) is 0 Å². The van der Waals surface area contributed by atoms with Crippen molar-refractivity contribution in [1.82, 2.24) is 21.3 Å². The van der Waals surface area contributed by atoms with Crippen LogP contribution in [0.25, 0.3) is 0 Å². The van der Waals surface area contributed by atoms with E-state index in [4.69, 9.17) is 0 Å². The van der Waals surface area contributed by atoms with Crippen molar-refractivity contribution in [3.8, 4) is 0 Å². The minimum Gasteiger partial charge on any atom is -0.378 e. The zero-order chi connectivity index (χ0) is 11.6. The second-order valence-corrected chi connectivity index (χ2v) is 4.03. The monoisotopic (exact) mass is 232 g/mol. The highest BCUT2D eigenvalue weighted by atomic mass is 16.3. The molecule has 2 unspecified atom stereocenters. The van der Waals surface area contributed by atoms with Crippen molar-refractivity contribution in [2.24, 2.45) is 0 Å². The van der Waals surface area contributed by atoms with Crippen LogP contribution in [-0.4, -0.2) is 61.9 Å². The van der Waals surface area contributed by atoms with Gasteiger partial charge in [-0.2, -0.15) is 0 Å². The lowest BCUT2D eigenvalue weighted by molar-refractivity contribution is 0.0443. The molecule has 6 N–H and O–H groups in total. The lowest BCUT2D eigenvalue weighted by atomic mass is 10.3. The molecule has 1 aliphatic rings. The predicted octanol–water partition coefficient (Wildman–Crippen LogP) is -2.22. The maximum absolute atomic E-state index is 9.53. The molecule has 1 heterocycles. The van der Waals surface area contributed by atoms with Gasteiger partial charge in [0.05, 0.1) is 0 Å². The molecule has 0 aromatic heterocycles. The number of hydrogen-bond donors (Lipinski definition) is 6. The summed E-state index contributed by atoms with van der Waals surface area (Å²) in [4.78, 5) is 0. The first-order chi connectivity index (χ1) is 7.79. The Morgan fingerprint density at radius 1 is 0.688 bits per heavy atom. The first-order valence-corrected chi connectivity index (χ1v) is 6.03. The number of rotatable bonds is 0. The molecule has 1 fully saturated rings. The average molecular weight is 232 g/mol. The minimum absolute atomic E-state index is 0.306. The topological polar surface area (TPSA) is 88.6 Å². The van der Waals surface area contributed by atoms with Crippen LogP contribution in [0.15, 0.2) is 0 Å². The summed E-state index contributed by atoms with van der Waals surface area (Å²) in [6.45, 7) is 5.06. The normalized spacial score (nSPS) is 31.9. The Morgan fingerprint density at radius 3 is 1.69 bits per heavy atom. The van der Waals surface area contributed by atoms with E-state index in [1.165, 1.54) is 0 Å². The van der Waals surface area contributed by atoms with E-state index in [-0.39, 0.29) is 0 Å². The van der Waals surface area contributed by atoms with Crippen molar-refractivity contribution in [3.05, 3.63) is 0 Å². The average Bonchev–Trinajstić information content (AvgIpc) is 2.25. The maximum atomic E-state index is 9.53. The van der Waals surface area contributed by atoms with Gasteiger partial charge in [-0.1, -0.05) is 0 Å². The Labute approximate surface area is 96.8 Å². The number of aliphatic hydroxyl groups is 2. The van der Waals surface area contributed by atoms with Crippen LogP contribution < -0.4 is 21.3 Å². The Kier molecular flexibility index (Phi) is 7.65. The lowest BCUT2D eigenvalue weighted by Crippen LogP contribution is -2.43. The summed E-state index contributed by atoms with van der Waals surface area (Å²) < 4.78 is 0. The predicted molar refractivity (Wildman–Crippen MR) is 63.0 cm³/mol. The Bertz CT molecular complexity index is 155. The Balaban J connectivity index is 2.21. The fourth-order valence-electron chi connectivity index (χ4n) is 1.62. The van der Waals surface area contributed by atoms with Gasteiger partial charge in [-0.3, -0.25) is 10.6 Å². The first-order valence-electron chi connectivity index (χ1n) is 6.03. The van der Waals surface area contributed by atoms with E-state index in [1.54, 1.807) is 0 Å². The van der Waals surface area contributed by atoms with Gasteiger partial charge in [0.15, 0.2) is 0 Å². The van der Waals surface area contributed by atoms with Crippen LogP contribution in [0, 0.1) is 0 Å². The third kappa shape index (κ3) is 7.10. The van der Waals surface area contributed by atoms with Crippen LogP contribution >= 0.6 is 0 Å². The molecule has 0 aromatic carbocycles. The molecular weight excluding hydrogens is 208 g/mol. The molecule has 0 spiro atoms. The number of aliphatic hydroxyl groups excluding tert-OH is 2. The van der Waals surface area contributed by atoms with Crippen LogP contribution in [0.2, 0.25) is 0 Å². The molecule has 0 amide bonds. The Morgan fingerprint density at radius 2 is 1.19 bits per heavy atom. The second-order valence-electron chi connectivity index (χ2n) is 4.03. The van der Waals surface area contributed by atoms with Gasteiger partial charge in [-0.25, -0.2) is 0 Å². The summed E-state index contributed by atoms with van der Waals surface area (Å²) in [5, 5.41) is 31.5. The molecule has 1 rings (SSSR count). The van der Waals surface area contributed by atoms with Crippen LogP contribution in [0.1, 0.15) is 12.8 Å². The fraction of sp³-hybridized carbons (Fsp3) is 1.00. The first kappa shape index (κ1) is 13.8. The molecule has 96 valence electrons. The molecule has 6 nitrogen and oxygen atoms in total. The molecule has 0 saturated carbocycles. The van der Waals surface area contributed by atoms with Crippen molar-refractivity contribution in [2.45, 2.75) is 25.3 Å². The van der Waals surface area contributed by atoms with E-state index < -0.39 is 12.5 Å². The van der Waals surface area contributed by atoms with Gasteiger partial charge in [-0.15, -0.1) is 0 Å². The van der Waals surface area contributed by atoms with Gasteiger partial charge in [0, 0.05) is 32.6 Å². The van der Waals surface area contributed by atoms with Crippen molar-refractivity contribution < 1.29 is 10.2 Å². The smallest absolute Gasteiger partial charge is 0.108 e. The van der Waals surface area contributed by atoms with Gasteiger partial charge in [-0.05, 0) is 19.5 Å². The SMILES string of the molecule is OC1CC(O)NCCNCCCNCCN1. The minimum atomic E-state index is -0.653. The largest absolute Gasteiger partial charge is 0.378 e. The summed E-state index contributed by atoms with van der Waals surface area (Å²) in [6.07, 6.45) is 0.0888. The fourth-order valence-corrected chi connectivity index (χ4v) is 1.62. The molecule has 0 radical (unpaired) electrons. The van der Waals surface area contributed by atoms with Crippen LogP contribution in [0.5, 0.6) is 0 Å². The van der Waals surface area contributed by atoms with Gasteiger partial charge in [0.25, 0.3) is 0 Å². The molecule has 6 heteroatoms. The highest BCUT2D eigenvalue weighted by Crippen LogP contribution is 1.91. The van der Waals surface area contributed by atoms with E-state index in [1.807, 2.05) is 0 Å². The molecule has 2 atom stereocenters. The van der Waals surface area contributed by atoms with Gasteiger partial charge < -0.3 is 20.8 Å². The molecule has 16 heavy (non-hydrogen) atoms. The highest BCUT2D eigenvalue weighted by molar-refractivity contribution is 4.64.